The molecule has 0 N–H and O–H groups in total. The van der Waals surface area contributed by atoms with Crippen molar-refractivity contribution in [3.05, 3.63) is 65.5 Å². The summed E-state index contributed by atoms with van der Waals surface area (Å²) in [7, 11) is 3.63. The van der Waals surface area contributed by atoms with Crippen LogP contribution in [0.1, 0.15) is 55.7 Å². The molecule has 4 rings (SSSR count). The fourth-order valence-electron chi connectivity index (χ4n) is 4.62. The highest BCUT2D eigenvalue weighted by Gasteiger charge is 2.35. The van der Waals surface area contributed by atoms with Crippen LogP contribution in [0, 0.1) is 5.82 Å². The number of hydrogen-bond acceptors (Lipinski definition) is 4. The van der Waals surface area contributed by atoms with Crippen LogP contribution in [0.5, 0.6) is 5.75 Å². The van der Waals surface area contributed by atoms with E-state index in [2.05, 4.69) is 10.0 Å². The third-order valence-electron chi connectivity index (χ3n) is 6.44. The molecule has 0 bridgehead atoms. The molecule has 1 saturated carbocycles. The van der Waals surface area contributed by atoms with E-state index in [9.17, 15) is 9.18 Å². The second-order valence-electron chi connectivity index (χ2n) is 8.46. The first-order valence-electron chi connectivity index (χ1n) is 11.1. The fourth-order valence-corrected chi connectivity index (χ4v) is 4.62. The van der Waals surface area contributed by atoms with Crippen molar-refractivity contribution in [1.29, 1.82) is 0 Å². The van der Waals surface area contributed by atoms with E-state index >= 15 is 0 Å². The summed E-state index contributed by atoms with van der Waals surface area (Å²) in [6, 6.07) is 14.3. The smallest absolute Gasteiger partial charge is 0.257 e. The zero-order chi connectivity index (χ0) is 21.8. The Morgan fingerprint density at radius 2 is 1.84 bits per heavy atom. The van der Waals surface area contributed by atoms with E-state index < -0.39 is 6.04 Å². The molecule has 0 spiro atoms. The lowest BCUT2D eigenvalue weighted by molar-refractivity contribution is -0.134. The van der Waals surface area contributed by atoms with Gasteiger partial charge < -0.3 is 4.74 Å². The van der Waals surface area contributed by atoms with Gasteiger partial charge in [-0.25, -0.2) is 9.40 Å². The maximum absolute atomic E-state index is 14.6. The monoisotopic (exact) mass is 423 g/mol. The van der Waals surface area contributed by atoms with Crippen LogP contribution in [0.2, 0.25) is 0 Å². The average Bonchev–Trinajstić information content (AvgIpc) is 3.25. The summed E-state index contributed by atoms with van der Waals surface area (Å²) in [5.74, 6) is 0.358. The lowest BCUT2D eigenvalue weighted by atomic mass is 9.94. The number of benzene rings is 2. The Labute approximate surface area is 183 Å². The summed E-state index contributed by atoms with van der Waals surface area (Å²) < 4.78 is 19.9. The molecule has 1 unspecified atom stereocenters. The van der Waals surface area contributed by atoms with Crippen molar-refractivity contribution in [1.82, 2.24) is 9.91 Å². The van der Waals surface area contributed by atoms with Crippen molar-refractivity contribution in [2.75, 3.05) is 20.7 Å². The number of likely N-dealkylation sites (N-methyl/N-ethyl adjacent to an activating group) is 1. The molecule has 2 aromatic rings. The third kappa shape index (κ3) is 4.79. The summed E-state index contributed by atoms with van der Waals surface area (Å²) in [6.45, 7) is 0.287. The molecule has 5 nitrogen and oxygen atoms in total. The van der Waals surface area contributed by atoms with Crippen LogP contribution >= 0.6 is 0 Å². The SMILES string of the molecule is COc1ccc(C2=NN(C(=O)CN(C)C3CCCCC3)C(c3ccccc3F)C2)cc1. The van der Waals surface area contributed by atoms with Crippen LogP contribution in [0.15, 0.2) is 53.6 Å². The minimum Gasteiger partial charge on any atom is -0.497 e. The number of halogens is 1. The first kappa shape index (κ1) is 21.5. The second-order valence-corrected chi connectivity index (χ2v) is 8.46. The Morgan fingerprint density at radius 3 is 2.52 bits per heavy atom. The van der Waals surface area contributed by atoms with E-state index in [0.717, 1.165) is 29.9 Å². The van der Waals surface area contributed by atoms with Gasteiger partial charge in [0.15, 0.2) is 0 Å². The summed E-state index contributed by atoms with van der Waals surface area (Å²) in [5, 5.41) is 6.17. The van der Waals surface area contributed by atoms with Crippen molar-refractivity contribution in [3.8, 4) is 5.75 Å². The van der Waals surface area contributed by atoms with Crippen LogP contribution in [0.4, 0.5) is 4.39 Å². The van der Waals surface area contributed by atoms with E-state index in [4.69, 9.17) is 4.74 Å². The maximum Gasteiger partial charge on any atom is 0.257 e. The Hall–Kier alpha value is -2.73. The molecule has 1 fully saturated rings. The number of hydrazone groups is 1. The number of nitrogens with zero attached hydrogens (tertiary/aromatic N) is 3. The standard InChI is InChI=1S/C25H30FN3O2/c1-28(19-8-4-3-5-9-19)17-25(30)29-24(21-10-6-7-11-22(21)26)16-23(27-29)18-12-14-20(31-2)15-13-18/h6-7,10-15,19,24H,3-5,8-9,16-17H2,1-2H3. The second kappa shape index (κ2) is 9.60. The first-order valence-corrected chi connectivity index (χ1v) is 11.1. The number of amides is 1. The van der Waals surface area contributed by atoms with Crippen LogP contribution in [-0.2, 0) is 4.79 Å². The average molecular weight is 424 g/mol. The van der Waals surface area contributed by atoms with Gasteiger partial charge in [-0.3, -0.25) is 9.69 Å². The topological polar surface area (TPSA) is 45.1 Å². The number of carbonyl (C=O) groups excluding carboxylic acids is 1. The van der Waals surface area contributed by atoms with Crippen LogP contribution in [-0.4, -0.2) is 48.3 Å². The first-order chi connectivity index (χ1) is 15.1. The van der Waals surface area contributed by atoms with E-state index in [0.29, 0.717) is 18.0 Å². The van der Waals surface area contributed by atoms with Crippen LogP contribution < -0.4 is 4.74 Å². The van der Waals surface area contributed by atoms with Gasteiger partial charge in [-0.2, -0.15) is 5.10 Å². The van der Waals surface area contributed by atoms with E-state index in [1.54, 1.807) is 25.3 Å². The molecule has 1 aliphatic heterocycles. The summed E-state index contributed by atoms with van der Waals surface area (Å²) in [5.41, 5.74) is 2.20. The Balaban J connectivity index is 1.58. The number of rotatable bonds is 6. The lowest BCUT2D eigenvalue weighted by Gasteiger charge is -2.32. The Bertz CT molecular complexity index is 938. The van der Waals surface area contributed by atoms with Crippen molar-refractivity contribution < 1.29 is 13.9 Å². The van der Waals surface area contributed by atoms with E-state index in [1.807, 2.05) is 31.3 Å². The molecule has 6 heteroatoms. The fraction of sp³-hybridized carbons (Fsp3) is 0.440. The molecule has 1 atom stereocenters. The van der Waals surface area contributed by atoms with Crippen molar-refractivity contribution in [2.24, 2.45) is 5.10 Å². The number of methoxy groups -OCH3 is 1. The highest BCUT2D eigenvalue weighted by Crippen LogP contribution is 2.34. The number of carbonyl (C=O) groups is 1. The molecule has 1 amide bonds. The Kier molecular flexibility index (Phi) is 6.66. The van der Waals surface area contributed by atoms with Gasteiger partial charge in [-0.05, 0) is 55.8 Å². The molecular weight excluding hydrogens is 393 g/mol. The molecule has 31 heavy (non-hydrogen) atoms. The van der Waals surface area contributed by atoms with Gasteiger partial charge in [0.2, 0.25) is 0 Å². The van der Waals surface area contributed by atoms with Crippen LogP contribution in [0.25, 0.3) is 0 Å². The minimum absolute atomic E-state index is 0.0927. The minimum atomic E-state index is -0.439. The number of hydrogen-bond donors (Lipinski definition) is 0. The molecule has 1 heterocycles. The molecule has 2 aliphatic rings. The van der Waals surface area contributed by atoms with Gasteiger partial charge in [0, 0.05) is 18.0 Å². The number of ether oxygens (including phenoxy) is 1. The quantitative estimate of drug-likeness (QED) is 0.672. The van der Waals surface area contributed by atoms with Crippen molar-refractivity contribution in [3.63, 3.8) is 0 Å². The summed E-state index contributed by atoms with van der Waals surface area (Å²) in [4.78, 5) is 15.4. The van der Waals surface area contributed by atoms with Crippen molar-refractivity contribution >= 4 is 11.6 Å². The predicted molar refractivity (Wildman–Crippen MR) is 120 cm³/mol. The maximum atomic E-state index is 14.6. The molecule has 0 saturated heterocycles. The van der Waals surface area contributed by atoms with Gasteiger partial charge in [0.25, 0.3) is 5.91 Å². The highest BCUT2D eigenvalue weighted by atomic mass is 19.1. The zero-order valence-electron chi connectivity index (χ0n) is 18.3. The summed E-state index contributed by atoms with van der Waals surface area (Å²) >= 11 is 0. The normalized spacial score (nSPS) is 19.5. The Morgan fingerprint density at radius 1 is 1.13 bits per heavy atom. The lowest BCUT2D eigenvalue weighted by Crippen LogP contribution is -2.42. The largest absolute Gasteiger partial charge is 0.497 e. The predicted octanol–water partition coefficient (Wildman–Crippen LogP) is 4.78. The molecule has 1 aliphatic carbocycles. The highest BCUT2D eigenvalue weighted by molar-refractivity contribution is 6.03. The van der Waals surface area contributed by atoms with E-state index in [-0.39, 0.29) is 18.3 Å². The van der Waals surface area contributed by atoms with Gasteiger partial charge >= 0.3 is 0 Å². The van der Waals surface area contributed by atoms with Gasteiger partial charge in [-0.15, -0.1) is 0 Å². The molecule has 2 aromatic carbocycles. The zero-order valence-corrected chi connectivity index (χ0v) is 18.3. The van der Waals surface area contributed by atoms with E-state index in [1.165, 1.54) is 30.3 Å². The third-order valence-corrected chi connectivity index (χ3v) is 6.44. The van der Waals surface area contributed by atoms with Gasteiger partial charge in [-0.1, -0.05) is 37.5 Å². The molecule has 164 valence electrons. The van der Waals surface area contributed by atoms with Crippen molar-refractivity contribution in [2.45, 2.75) is 50.6 Å². The molecular formula is C25H30FN3O2. The van der Waals surface area contributed by atoms with Gasteiger partial charge in [0.05, 0.1) is 25.4 Å². The van der Waals surface area contributed by atoms with Crippen LogP contribution in [0.3, 0.4) is 0 Å². The van der Waals surface area contributed by atoms with Gasteiger partial charge in [0.1, 0.15) is 11.6 Å². The molecule has 0 radical (unpaired) electrons. The summed E-state index contributed by atoms with van der Waals surface area (Å²) in [6.07, 6.45) is 6.43. The molecule has 0 aromatic heterocycles.